The van der Waals surface area contributed by atoms with E-state index in [1.165, 1.54) is 6.07 Å². The van der Waals surface area contributed by atoms with Crippen molar-refractivity contribution in [2.24, 2.45) is 0 Å². The molecule has 2 N–H and O–H groups in total. The monoisotopic (exact) mass is 315 g/mol. The first-order valence-electron chi connectivity index (χ1n) is 5.81. The summed E-state index contributed by atoms with van der Waals surface area (Å²) in [5.41, 5.74) is 1.49. The third-order valence-electron chi connectivity index (χ3n) is 2.60. The molecular formula is C14H12ClF2NOS. The van der Waals surface area contributed by atoms with Gasteiger partial charge in [0, 0.05) is 17.1 Å². The molecule has 0 saturated heterocycles. The Kier molecular flexibility index (Phi) is 5.09. The van der Waals surface area contributed by atoms with E-state index in [4.69, 9.17) is 11.6 Å². The summed E-state index contributed by atoms with van der Waals surface area (Å²) in [6, 6.07) is 11.7. The van der Waals surface area contributed by atoms with Crippen LogP contribution in [0.2, 0.25) is 5.02 Å². The van der Waals surface area contributed by atoms with Gasteiger partial charge in [-0.05, 0) is 29.8 Å². The molecule has 2 aromatic carbocycles. The van der Waals surface area contributed by atoms with Crippen molar-refractivity contribution in [1.82, 2.24) is 0 Å². The smallest absolute Gasteiger partial charge is 0.288 e. The fourth-order valence-corrected chi connectivity index (χ4v) is 2.49. The number of phenols is 1. The predicted octanol–water partition coefficient (Wildman–Crippen LogP) is 4.97. The fourth-order valence-electron chi connectivity index (χ4n) is 1.67. The number of phenolic OH excluding ortho intramolecular Hbond substituents is 1. The Morgan fingerprint density at radius 1 is 1.20 bits per heavy atom. The van der Waals surface area contributed by atoms with Gasteiger partial charge in [-0.15, -0.1) is 0 Å². The molecule has 0 aliphatic carbocycles. The molecule has 0 aliphatic rings. The van der Waals surface area contributed by atoms with Gasteiger partial charge in [0.2, 0.25) is 0 Å². The molecule has 0 atom stereocenters. The van der Waals surface area contributed by atoms with Gasteiger partial charge in [-0.2, -0.15) is 8.78 Å². The summed E-state index contributed by atoms with van der Waals surface area (Å²) in [5, 5.41) is 12.7. The van der Waals surface area contributed by atoms with E-state index in [2.05, 4.69) is 5.32 Å². The van der Waals surface area contributed by atoms with Crippen LogP contribution in [0.15, 0.2) is 47.4 Å². The van der Waals surface area contributed by atoms with Crippen molar-refractivity contribution in [2.75, 3.05) is 5.32 Å². The second-order valence-corrected chi connectivity index (χ2v) is 5.45. The lowest BCUT2D eigenvalue weighted by Crippen LogP contribution is -2.01. The zero-order valence-electron chi connectivity index (χ0n) is 10.3. The number of halogens is 3. The molecule has 2 rings (SSSR count). The molecule has 2 nitrogen and oxygen atoms in total. The molecule has 20 heavy (non-hydrogen) atoms. The summed E-state index contributed by atoms with van der Waals surface area (Å²) in [4.78, 5) is 0.493. The molecule has 0 unspecified atom stereocenters. The molecule has 0 saturated carbocycles. The number of aromatic hydroxyl groups is 1. The quantitative estimate of drug-likeness (QED) is 0.764. The van der Waals surface area contributed by atoms with Crippen LogP contribution in [-0.2, 0) is 6.54 Å². The highest BCUT2D eigenvalue weighted by Crippen LogP contribution is 2.32. The van der Waals surface area contributed by atoms with Crippen molar-refractivity contribution in [1.29, 1.82) is 0 Å². The van der Waals surface area contributed by atoms with Crippen LogP contribution in [0, 0.1) is 0 Å². The van der Waals surface area contributed by atoms with E-state index in [-0.39, 0.29) is 10.8 Å². The van der Waals surface area contributed by atoms with Crippen LogP contribution in [0.4, 0.5) is 14.5 Å². The minimum Gasteiger partial charge on any atom is -0.506 e. The van der Waals surface area contributed by atoms with Crippen LogP contribution in [0.5, 0.6) is 5.75 Å². The van der Waals surface area contributed by atoms with Crippen molar-refractivity contribution in [3.05, 3.63) is 53.1 Å². The summed E-state index contributed by atoms with van der Waals surface area (Å²) < 4.78 is 24.9. The summed E-state index contributed by atoms with van der Waals surface area (Å²) in [6.45, 7) is 0.431. The first kappa shape index (κ1) is 14.9. The van der Waals surface area contributed by atoms with Gasteiger partial charge in [0.1, 0.15) is 5.75 Å². The highest BCUT2D eigenvalue weighted by molar-refractivity contribution is 7.99. The van der Waals surface area contributed by atoms with Crippen molar-refractivity contribution < 1.29 is 13.9 Å². The maximum Gasteiger partial charge on any atom is 0.288 e. The Morgan fingerprint density at radius 2 is 1.95 bits per heavy atom. The van der Waals surface area contributed by atoms with Crippen LogP contribution in [-0.4, -0.2) is 10.9 Å². The van der Waals surface area contributed by atoms with Crippen molar-refractivity contribution in [3.63, 3.8) is 0 Å². The van der Waals surface area contributed by atoms with Gasteiger partial charge in [0.15, 0.2) is 0 Å². The summed E-state index contributed by atoms with van der Waals surface area (Å²) in [7, 11) is 0. The first-order valence-corrected chi connectivity index (χ1v) is 7.07. The molecule has 106 valence electrons. The number of rotatable bonds is 5. The van der Waals surface area contributed by atoms with Crippen LogP contribution in [0.25, 0.3) is 0 Å². The number of alkyl halides is 2. The minimum absolute atomic E-state index is 0.0177. The van der Waals surface area contributed by atoms with Gasteiger partial charge < -0.3 is 10.4 Å². The van der Waals surface area contributed by atoms with E-state index in [0.29, 0.717) is 28.9 Å². The average Bonchev–Trinajstić information content (AvgIpc) is 2.41. The molecule has 2 aromatic rings. The Morgan fingerprint density at radius 3 is 2.65 bits per heavy atom. The van der Waals surface area contributed by atoms with E-state index in [1.807, 2.05) is 0 Å². The standard InChI is InChI=1S/C14H12ClF2NOS/c15-10-7-9(5-6-12(10)19)8-18-11-3-1-2-4-13(11)20-14(16)17/h1-7,14,18-19H,8H2. The SMILES string of the molecule is Oc1ccc(CNc2ccccc2SC(F)F)cc1Cl. The third-order valence-corrected chi connectivity index (χ3v) is 3.69. The van der Waals surface area contributed by atoms with Crippen LogP contribution < -0.4 is 5.32 Å². The molecule has 0 spiro atoms. The lowest BCUT2D eigenvalue weighted by atomic mass is 10.2. The maximum absolute atomic E-state index is 12.5. The molecular weight excluding hydrogens is 304 g/mol. The molecule has 0 fully saturated rings. The Labute approximate surface area is 124 Å². The number of anilines is 1. The van der Waals surface area contributed by atoms with E-state index >= 15 is 0 Å². The van der Waals surface area contributed by atoms with E-state index in [9.17, 15) is 13.9 Å². The number of thioether (sulfide) groups is 1. The molecule has 0 bridgehead atoms. The zero-order valence-corrected chi connectivity index (χ0v) is 11.9. The Bertz CT molecular complexity index is 595. The number of hydrogen-bond donors (Lipinski definition) is 2. The van der Waals surface area contributed by atoms with Crippen molar-refractivity contribution in [3.8, 4) is 5.75 Å². The molecule has 0 heterocycles. The number of nitrogens with one attached hydrogen (secondary N) is 1. The normalized spacial score (nSPS) is 10.8. The lowest BCUT2D eigenvalue weighted by Gasteiger charge is -2.11. The highest BCUT2D eigenvalue weighted by atomic mass is 35.5. The Hall–Kier alpha value is -1.46. The van der Waals surface area contributed by atoms with Gasteiger partial charge in [-0.3, -0.25) is 0 Å². The summed E-state index contributed by atoms with van der Waals surface area (Å²) >= 11 is 6.32. The molecule has 0 amide bonds. The molecule has 6 heteroatoms. The van der Waals surface area contributed by atoms with Crippen LogP contribution in [0.3, 0.4) is 0 Å². The number of para-hydroxylation sites is 1. The second kappa shape index (κ2) is 6.81. The van der Waals surface area contributed by atoms with Crippen LogP contribution in [0.1, 0.15) is 5.56 Å². The van der Waals surface area contributed by atoms with Gasteiger partial charge in [0.25, 0.3) is 5.76 Å². The predicted molar refractivity (Wildman–Crippen MR) is 78.7 cm³/mol. The summed E-state index contributed by atoms with van der Waals surface area (Å²) in [6.07, 6.45) is 0. The molecule has 0 radical (unpaired) electrons. The van der Waals surface area contributed by atoms with E-state index in [1.54, 1.807) is 36.4 Å². The number of benzene rings is 2. The average molecular weight is 316 g/mol. The third kappa shape index (κ3) is 4.02. The number of hydrogen-bond acceptors (Lipinski definition) is 3. The van der Waals surface area contributed by atoms with Gasteiger partial charge in [-0.1, -0.05) is 41.6 Å². The first-order chi connectivity index (χ1) is 9.56. The second-order valence-electron chi connectivity index (χ2n) is 4.01. The molecule has 0 aromatic heterocycles. The summed E-state index contributed by atoms with van der Waals surface area (Å²) in [5.74, 6) is -2.44. The Balaban J connectivity index is 2.08. The van der Waals surface area contributed by atoms with Gasteiger partial charge >= 0.3 is 0 Å². The van der Waals surface area contributed by atoms with Crippen molar-refractivity contribution in [2.45, 2.75) is 17.2 Å². The highest BCUT2D eigenvalue weighted by Gasteiger charge is 2.09. The largest absolute Gasteiger partial charge is 0.506 e. The van der Waals surface area contributed by atoms with Crippen molar-refractivity contribution >= 4 is 29.1 Å². The van der Waals surface area contributed by atoms with E-state index in [0.717, 1.165) is 5.56 Å². The van der Waals surface area contributed by atoms with E-state index < -0.39 is 5.76 Å². The minimum atomic E-state index is -2.46. The lowest BCUT2D eigenvalue weighted by molar-refractivity contribution is 0.252. The topological polar surface area (TPSA) is 32.3 Å². The van der Waals surface area contributed by atoms with Gasteiger partial charge in [0.05, 0.1) is 5.02 Å². The maximum atomic E-state index is 12.5. The van der Waals surface area contributed by atoms with Gasteiger partial charge in [-0.25, -0.2) is 0 Å². The van der Waals surface area contributed by atoms with Crippen LogP contribution >= 0.6 is 23.4 Å². The fraction of sp³-hybridized carbons (Fsp3) is 0.143. The zero-order chi connectivity index (χ0) is 14.5. The molecule has 0 aliphatic heterocycles.